The number of hydrogen-bond acceptors (Lipinski definition) is 6. The van der Waals surface area contributed by atoms with Crippen molar-refractivity contribution in [2.45, 2.75) is 97.6 Å². The zero-order chi connectivity index (χ0) is 76.4. The number of aliphatic imine (C=N–C) groups is 1. The molecular formula is C102H88BN5S2Si2. The van der Waals surface area contributed by atoms with Gasteiger partial charge in [-0.15, -0.1) is 22.7 Å². The molecule has 1 atom stereocenters. The first kappa shape index (κ1) is 69.9. The third kappa shape index (κ3) is 11.6. The zero-order valence-electron chi connectivity index (χ0n) is 65.7. The largest absolute Gasteiger partial charge is 0.314 e. The summed E-state index contributed by atoms with van der Waals surface area (Å²) in [6, 6.07) is 108. The van der Waals surface area contributed by atoms with Crippen LogP contribution in [-0.2, 0) is 10.8 Å². The van der Waals surface area contributed by atoms with Gasteiger partial charge in [0, 0.05) is 121 Å². The van der Waals surface area contributed by atoms with E-state index in [1.807, 2.05) is 22.7 Å². The second kappa shape index (κ2) is 26.2. The van der Waals surface area contributed by atoms with Crippen LogP contribution in [0.3, 0.4) is 0 Å². The molecule has 112 heavy (non-hydrogen) atoms. The van der Waals surface area contributed by atoms with Crippen LogP contribution >= 0.6 is 22.7 Å². The number of benzene rings is 13. The van der Waals surface area contributed by atoms with E-state index in [1.165, 1.54) is 122 Å². The van der Waals surface area contributed by atoms with E-state index in [9.17, 15) is 0 Å². The van der Waals surface area contributed by atoms with Crippen LogP contribution in [0.4, 0.5) is 28.4 Å². The number of anilines is 5. The van der Waals surface area contributed by atoms with E-state index in [-0.39, 0.29) is 23.5 Å². The van der Waals surface area contributed by atoms with Gasteiger partial charge in [0.2, 0.25) is 0 Å². The van der Waals surface area contributed by atoms with Crippen molar-refractivity contribution < 1.29 is 0 Å². The van der Waals surface area contributed by atoms with Gasteiger partial charge < -0.3 is 14.4 Å². The number of thiophene rings is 2. The van der Waals surface area contributed by atoms with Crippen LogP contribution in [0.5, 0.6) is 0 Å². The van der Waals surface area contributed by atoms with Gasteiger partial charge in [-0.05, 0) is 168 Å². The highest BCUT2D eigenvalue weighted by Gasteiger charge is 2.47. The molecule has 0 radical (unpaired) electrons. The van der Waals surface area contributed by atoms with Crippen LogP contribution < -0.4 is 36.6 Å². The van der Waals surface area contributed by atoms with Crippen molar-refractivity contribution in [3.05, 3.63) is 319 Å². The van der Waals surface area contributed by atoms with E-state index in [0.29, 0.717) is 6.54 Å². The van der Waals surface area contributed by atoms with Crippen LogP contribution in [0.2, 0.25) is 39.3 Å². The molecule has 13 aromatic carbocycles. The van der Waals surface area contributed by atoms with Gasteiger partial charge >= 0.3 is 0 Å². The average molecular weight is 1510 g/mol. The summed E-state index contributed by atoms with van der Waals surface area (Å²) in [6.07, 6.45) is 6.43. The molecule has 17 aromatic rings. The summed E-state index contributed by atoms with van der Waals surface area (Å²) in [5.74, 6) is -0.158. The molecule has 20 rings (SSSR count). The Hall–Kier alpha value is -11.2. The van der Waals surface area contributed by atoms with E-state index in [1.54, 1.807) is 0 Å². The lowest BCUT2D eigenvalue weighted by atomic mass is 9.33. The van der Waals surface area contributed by atoms with Crippen LogP contribution in [0.25, 0.3) is 118 Å². The molecule has 10 heteroatoms. The van der Waals surface area contributed by atoms with Crippen LogP contribution in [-0.4, -0.2) is 45.2 Å². The second-order valence-electron chi connectivity index (χ2n) is 35.3. The van der Waals surface area contributed by atoms with Gasteiger partial charge in [0.1, 0.15) is 0 Å². The molecule has 0 saturated carbocycles. The molecule has 4 aromatic heterocycles. The highest BCUT2D eigenvalue weighted by atomic mass is 32.1. The normalized spacial score (nSPS) is 14.5. The lowest BCUT2D eigenvalue weighted by Gasteiger charge is -2.47. The highest BCUT2D eigenvalue weighted by Crippen LogP contribution is 2.54. The predicted molar refractivity (Wildman–Crippen MR) is 493 cm³/mol. The summed E-state index contributed by atoms with van der Waals surface area (Å²) in [6.45, 7) is 29.2. The number of nitrogens with zero attached hydrogens (tertiary/aromatic N) is 5. The Kier molecular flexibility index (Phi) is 16.3. The topological polar surface area (TPSA) is 36.7 Å². The first-order valence-corrected chi connectivity index (χ1v) is 48.2. The molecule has 0 fully saturated rings. The fourth-order valence-corrected chi connectivity index (χ4v) is 22.5. The Balaban J connectivity index is 0.954. The van der Waals surface area contributed by atoms with Crippen molar-refractivity contribution in [2.75, 3.05) is 16.3 Å². The summed E-state index contributed by atoms with van der Waals surface area (Å²) >= 11 is 3.78. The molecule has 0 saturated heterocycles. The van der Waals surface area contributed by atoms with E-state index in [0.717, 1.165) is 78.6 Å². The molecule has 0 bridgehead atoms. The van der Waals surface area contributed by atoms with Gasteiger partial charge in [-0.1, -0.05) is 285 Å². The van der Waals surface area contributed by atoms with E-state index < -0.39 is 16.1 Å². The summed E-state index contributed by atoms with van der Waals surface area (Å²) in [5, 5.41) is 10.7. The number of hydrogen-bond donors (Lipinski definition) is 0. The van der Waals surface area contributed by atoms with Crippen molar-refractivity contribution in [2.24, 2.45) is 4.99 Å². The molecule has 3 aliphatic rings. The quantitative estimate of drug-likeness (QED) is 0.121. The van der Waals surface area contributed by atoms with Crippen molar-refractivity contribution in [3.8, 4) is 50.2 Å². The molecule has 1 unspecified atom stereocenters. The van der Waals surface area contributed by atoms with Gasteiger partial charge in [-0.2, -0.15) is 0 Å². The first-order valence-electron chi connectivity index (χ1n) is 39.6. The molecular weight excluding hydrogens is 1430 g/mol. The fourth-order valence-electron chi connectivity index (χ4n) is 18.1. The molecule has 544 valence electrons. The number of dihydropyridines is 1. The number of pyridine rings is 1. The number of fused-ring (bicyclic) bond motifs is 13. The lowest BCUT2D eigenvalue weighted by molar-refractivity contribution is 0.591. The third-order valence-electron chi connectivity index (χ3n) is 24.1. The maximum Gasteiger partial charge on any atom is 0.252 e. The van der Waals surface area contributed by atoms with E-state index >= 15 is 0 Å². The fraction of sp³-hybridized carbons (Fsp3) is 0.157. The Morgan fingerprint density at radius 3 is 1.28 bits per heavy atom. The average Bonchev–Trinajstić information content (AvgIpc) is 0.724. The maximum atomic E-state index is 5.43. The predicted octanol–water partition coefficient (Wildman–Crippen LogP) is 25.3. The summed E-state index contributed by atoms with van der Waals surface area (Å²) in [7, 11) is -3.65. The monoisotopic (exact) mass is 1510 g/mol. The standard InChI is InChI=1S/C102H88BN5S2Si2/c1-101(2,3)71-37-47-96-80(53-71)78-49-67(35-45-94(78)109-96)69-33-41-86-90(51-69)107(99-82(63-25-17-13-18-26-63)59-104-60-83(99)64-27-19-14-20-28-64)92-55-73(106-88-43-39-74(111(7,8)9)57-76(88)77-58-75(112(10,11)12)40-44-89(77)106)56-93-98(92)103(86)87-42-34-70(68-36-46-95-79(50-68)81-54-72(102(4,5)6)38-48-97(81)110-95)52-91(87)108(93)100-84(65-29-21-15-22-30-65)61-105-62-85(100)66-31-23-16-24-32-66/h13-61,85H,62H2,1-12H3. The zero-order valence-corrected chi connectivity index (χ0v) is 69.3. The van der Waals surface area contributed by atoms with Gasteiger partial charge in [0.25, 0.3) is 6.71 Å². The second-order valence-corrected chi connectivity index (χ2v) is 47.7. The highest BCUT2D eigenvalue weighted by molar-refractivity contribution is 7.26. The maximum absolute atomic E-state index is 5.43. The number of allylic oxidation sites excluding steroid dienone is 1. The van der Waals surface area contributed by atoms with Crippen molar-refractivity contribution >= 4 is 175 Å². The van der Waals surface area contributed by atoms with Crippen molar-refractivity contribution in [1.29, 1.82) is 0 Å². The first-order chi connectivity index (χ1) is 54.1. The number of rotatable bonds is 11. The van der Waals surface area contributed by atoms with Crippen molar-refractivity contribution in [1.82, 2.24) is 9.55 Å². The van der Waals surface area contributed by atoms with Gasteiger partial charge in [0.05, 0.1) is 45.1 Å². The summed E-state index contributed by atoms with van der Waals surface area (Å²) in [4.78, 5) is 16.2. The van der Waals surface area contributed by atoms with Gasteiger partial charge in [-0.25, -0.2) is 0 Å². The van der Waals surface area contributed by atoms with Crippen LogP contribution in [0.15, 0.2) is 302 Å². The SMILES string of the molecule is CC(C)(C)c1ccc2sc3ccc(-c4ccc5c(c4)N(C4=C(c6ccccc6)C=NCC4c4ccccc4)c4cc(-n6c7ccc([Si](C)(C)C)cc7c7cc([Si](C)(C)C)ccc76)cc6c4B5c4ccc(-c5ccc7sc8ccc(C(C)(C)C)cc8c7c5)cc4N6c4c(-c5ccccc5)cncc4-c4ccccc4)cc3c2c1. The summed E-state index contributed by atoms with van der Waals surface area (Å²) < 4.78 is 7.84. The van der Waals surface area contributed by atoms with Crippen LogP contribution in [0.1, 0.15) is 69.7 Å². The minimum absolute atomic E-state index is 0.00381. The van der Waals surface area contributed by atoms with E-state index in [4.69, 9.17) is 9.98 Å². The van der Waals surface area contributed by atoms with Crippen molar-refractivity contribution in [3.63, 3.8) is 0 Å². The molecule has 5 nitrogen and oxygen atoms in total. The molecule has 0 aliphatic carbocycles. The third-order valence-corrected chi connectivity index (χ3v) is 30.5. The Bertz CT molecular complexity index is 6650. The smallest absolute Gasteiger partial charge is 0.252 e. The minimum atomic E-state index is -1.83. The Labute approximate surface area is 667 Å². The molecule has 3 aliphatic heterocycles. The molecule has 0 spiro atoms. The molecule has 7 heterocycles. The van der Waals surface area contributed by atoms with Gasteiger partial charge in [0.15, 0.2) is 0 Å². The Morgan fingerprint density at radius 2 is 0.804 bits per heavy atom. The Morgan fingerprint density at radius 1 is 0.384 bits per heavy atom. The van der Waals surface area contributed by atoms with Crippen LogP contribution in [0, 0.1) is 0 Å². The van der Waals surface area contributed by atoms with Gasteiger partial charge in [-0.3, -0.25) is 9.98 Å². The molecule has 0 N–H and O–H groups in total. The lowest BCUT2D eigenvalue weighted by Crippen LogP contribution is -2.62. The summed E-state index contributed by atoms with van der Waals surface area (Å²) in [5.41, 5.74) is 28.9. The minimum Gasteiger partial charge on any atom is -0.314 e. The molecule has 0 amide bonds. The number of aromatic nitrogens is 2. The van der Waals surface area contributed by atoms with E-state index in [2.05, 4.69) is 393 Å².